The van der Waals surface area contributed by atoms with Gasteiger partial charge in [-0.1, -0.05) is 24.3 Å². The Morgan fingerprint density at radius 3 is 1.86 bits per heavy atom. The van der Waals surface area contributed by atoms with E-state index in [1.54, 1.807) is 36.4 Å². The Bertz CT molecular complexity index is 1100. The number of ether oxygens (including phenoxy) is 7. The van der Waals surface area contributed by atoms with Crippen molar-refractivity contribution in [3.8, 4) is 17.2 Å². The average Bonchev–Trinajstić information content (AvgIpc) is 2.81. The molecule has 11 heteroatoms. The number of para-hydroxylation sites is 1. The lowest BCUT2D eigenvalue weighted by atomic mass is 9.98. The molecule has 0 saturated carbocycles. The van der Waals surface area contributed by atoms with Gasteiger partial charge in [0.25, 0.3) is 0 Å². The number of benzene rings is 2. The Hall–Kier alpha value is -4.12. The highest BCUT2D eigenvalue weighted by atomic mass is 16.7. The Balaban J connectivity index is 1.93. The van der Waals surface area contributed by atoms with Gasteiger partial charge in [-0.15, -0.1) is 0 Å². The fraction of sp³-hybridized carbons (Fsp3) is 0.385. The summed E-state index contributed by atoms with van der Waals surface area (Å²) in [6, 6.07) is 15.7. The first-order chi connectivity index (χ1) is 17.6. The van der Waals surface area contributed by atoms with Crippen molar-refractivity contribution in [1.29, 1.82) is 0 Å². The van der Waals surface area contributed by atoms with Gasteiger partial charge in [0.05, 0.1) is 0 Å². The van der Waals surface area contributed by atoms with E-state index in [0.717, 1.165) is 20.8 Å². The third-order valence-corrected chi connectivity index (χ3v) is 4.98. The van der Waals surface area contributed by atoms with Crippen molar-refractivity contribution >= 4 is 23.9 Å². The van der Waals surface area contributed by atoms with Crippen LogP contribution in [0.5, 0.6) is 17.2 Å². The van der Waals surface area contributed by atoms with E-state index in [4.69, 9.17) is 33.2 Å². The first-order valence-electron chi connectivity index (χ1n) is 11.4. The van der Waals surface area contributed by atoms with E-state index in [-0.39, 0.29) is 12.4 Å². The van der Waals surface area contributed by atoms with Crippen LogP contribution in [0.1, 0.15) is 27.7 Å². The summed E-state index contributed by atoms with van der Waals surface area (Å²) in [6.07, 6.45) is -6.38. The number of rotatable bonds is 9. The lowest BCUT2D eigenvalue weighted by Crippen LogP contribution is -2.63. The standard InChI is InChI=1S/C26H28O11/c1-15(27)31-14-22-23(32-16(2)28)24(33-17(3)29)25(34-18(4)30)26(37-22)36-21-12-8-11-20(13-21)35-19-9-6-5-7-10-19/h5-13,22-26H,14H2,1-4H3/t22-,23-,24-,25-,26+/m0/s1. The molecule has 0 N–H and O–H groups in total. The third-order valence-electron chi connectivity index (χ3n) is 4.98. The normalized spacial score (nSPS) is 22.8. The topological polar surface area (TPSA) is 133 Å². The monoisotopic (exact) mass is 516 g/mol. The van der Waals surface area contributed by atoms with Crippen molar-refractivity contribution in [1.82, 2.24) is 0 Å². The molecule has 0 amide bonds. The van der Waals surface area contributed by atoms with E-state index in [1.807, 2.05) is 18.2 Å². The summed E-state index contributed by atoms with van der Waals surface area (Å²) in [7, 11) is 0. The van der Waals surface area contributed by atoms with Gasteiger partial charge in [-0.3, -0.25) is 19.2 Å². The molecule has 0 aliphatic carbocycles. The van der Waals surface area contributed by atoms with Crippen LogP contribution in [0.25, 0.3) is 0 Å². The van der Waals surface area contributed by atoms with Gasteiger partial charge in [-0.2, -0.15) is 0 Å². The minimum Gasteiger partial charge on any atom is -0.463 e. The zero-order valence-electron chi connectivity index (χ0n) is 20.8. The molecule has 0 aromatic heterocycles. The molecule has 1 aliphatic heterocycles. The van der Waals surface area contributed by atoms with Crippen molar-refractivity contribution in [2.75, 3.05) is 6.61 Å². The zero-order chi connectivity index (χ0) is 26.9. The highest BCUT2D eigenvalue weighted by molar-refractivity contribution is 5.68. The van der Waals surface area contributed by atoms with Gasteiger partial charge < -0.3 is 33.2 Å². The maximum absolute atomic E-state index is 12.0. The number of carbonyl (C=O) groups is 4. The van der Waals surface area contributed by atoms with Crippen LogP contribution in [0.15, 0.2) is 54.6 Å². The molecule has 0 unspecified atom stereocenters. The molecule has 2 aromatic carbocycles. The number of hydrogen-bond donors (Lipinski definition) is 0. The molecule has 1 aliphatic rings. The smallest absolute Gasteiger partial charge is 0.303 e. The fourth-order valence-corrected chi connectivity index (χ4v) is 3.65. The number of esters is 4. The fourth-order valence-electron chi connectivity index (χ4n) is 3.65. The SMILES string of the molecule is CC(=O)OC[C@@H]1O[C@@H](Oc2cccc(Oc3ccccc3)c2)[C@@H](OC(C)=O)[C@@H](OC(C)=O)[C@H]1OC(C)=O. The van der Waals surface area contributed by atoms with Gasteiger partial charge in [0.2, 0.25) is 12.4 Å². The van der Waals surface area contributed by atoms with E-state index in [9.17, 15) is 19.2 Å². The predicted octanol–water partition coefficient (Wildman–Crippen LogP) is 2.94. The van der Waals surface area contributed by atoms with Gasteiger partial charge in [0, 0.05) is 33.8 Å². The van der Waals surface area contributed by atoms with Crippen molar-refractivity contribution in [3.63, 3.8) is 0 Å². The Morgan fingerprint density at radius 2 is 1.24 bits per heavy atom. The summed E-state index contributed by atoms with van der Waals surface area (Å²) in [5.74, 6) is -1.45. The molecule has 0 spiro atoms. The van der Waals surface area contributed by atoms with Crippen molar-refractivity contribution in [3.05, 3.63) is 54.6 Å². The highest BCUT2D eigenvalue weighted by Gasteiger charge is 2.53. The molecule has 198 valence electrons. The van der Waals surface area contributed by atoms with E-state index in [1.165, 1.54) is 6.92 Å². The molecular weight excluding hydrogens is 488 g/mol. The molecule has 37 heavy (non-hydrogen) atoms. The summed E-state index contributed by atoms with van der Waals surface area (Å²) < 4.78 is 39.0. The zero-order valence-corrected chi connectivity index (χ0v) is 20.8. The Kier molecular flexibility index (Phi) is 9.45. The third kappa shape index (κ3) is 8.21. The lowest BCUT2D eigenvalue weighted by Gasteiger charge is -2.43. The predicted molar refractivity (Wildman–Crippen MR) is 126 cm³/mol. The van der Waals surface area contributed by atoms with Crippen LogP contribution in [0.2, 0.25) is 0 Å². The van der Waals surface area contributed by atoms with Crippen LogP contribution in [-0.2, 0) is 42.9 Å². The van der Waals surface area contributed by atoms with Gasteiger partial charge >= 0.3 is 23.9 Å². The quantitative estimate of drug-likeness (QED) is 0.360. The molecule has 0 bridgehead atoms. The molecule has 11 nitrogen and oxygen atoms in total. The summed E-state index contributed by atoms with van der Waals surface area (Å²) in [5.41, 5.74) is 0. The average molecular weight is 516 g/mol. The first-order valence-corrected chi connectivity index (χ1v) is 11.4. The Morgan fingerprint density at radius 1 is 0.676 bits per heavy atom. The van der Waals surface area contributed by atoms with E-state index in [2.05, 4.69) is 0 Å². The molecule has 5 atom stereocenters. The van der Waals surface area contributed by atoms with Gasteiger partial charge in [0.1, 0.15) is 30.0 Å². The molecule has 2 aromatic rings. The van der Waals surface area contributed by atoms with E-state index in [0.29, 0.717) is 11.5 Å². The maximum atomic E-state index is 12.0. The summed E-state index contributed by atoms with van der Waals surface area (Å²) in [4.78, 5) is 47.2. The van der Waals surface area contributed by atoms with E-state index < -0.39 is 54.6 Å². The molecular formula is C26H28O11. The van der Waals surface area contributed by atoms with Gasteiger partial charge in [0.15, 0.2) is 12.2 Å². The van der Waals surface area contributed by atoms with Gasteiger partial charge in [-0.25, -0.2) is 0 Å². The van der Waals surface area contributed by atoms with Crippen LogP contribution >= 0.6 is 0 Å². The maximum Gasteiger partial charge on any atom is 0.303 e. The van der Waals surface area contributed by atoms with Crippen molar-refractivity contribution in [2.45, 2.75) is 58.4 Å². The summed E-state index contributed by atoms with van der Waals surface area (Å²) in [6.45, 7) is 4.29. The van der Waals surface area contributed by atoms with Gasteiger partial charge in [-0.05, 0) is 24.3 Å². The molecule has 0 radical (unpaired) electrons. The minimum atomic E-state index is -1.34. The largest absolute Gasteiger partial charge is 0.463 e. The van der Waals surface area contributed by atoms with Crippen molar-refractivity contribution < 1.29 is 52.3 Å². The van der Waals surface area contributed by atoms with Crippen LogP contribution < -0.4 is 9.47 Å². The highest BCUT2D eigenvalue weighted by Crippen LogP contribution is 2.32. The molecule has 1 saturated heterocycles. The Labute approximate surface area is 213 Å². The minimum absolute atomic E-state index is 0.273. The number of carbonyl (C=O) groups excluding carboxylic acids is 4. The number of hydrogen-bond acceptors (Lipinski definition) is 11. The first kappa shape index (κ1) is 27.5. The van der Waals surface area contributed by atoms with E-state index >= 15 is 0 Å². The second kappa shape index (κ2) is 12.7. The second-order valence-corrected chi connectivity index (χ2v) is 8.08. The molecule has 1 fully saturated rings. The lowest BCUT2D eigenvalue weighted by molar-refractivity contribution is -0.288. The van der Waals surface area contributed by atoms with Crippen LogP contribution in [0, 0.1) is 0 Å². The summed E-state index contributed by atoms with van der Waals surface area (Å²) in [5, 5.41) is 0. The summed E-state index contributed by atoms with van der Waals surface area (Å²) >= 11 is 0. The molecule has 3 rings (SSSR count). The van der Waals surface area contributed by atoms with Crippen LogP contribution in [0.3, 0.4) is 0 Å². The molecule has 1 heterocycles. The van der Waals surface area contributed by atoms with Crippen molar-refractivity contribution in [2.24, 2.45) is 0 Å². The van der Waals surface area contributed by atoms with Crippen LogP contribution in [0.4, 0.5) is 0 Å². The second-order valence-electron chi connectivity index (χ2n) is 8.08. The van der Waals surface area contributed by atoms with Crippen LogP contribution in [-0.4, -0.2) is 61.2 Å².